The molecule has 6 heteroatoms. The number of aliphatic hydroxyl groups excluding tert-OH is 1. The number of aliphatic hydroxyl groups is 1. The molecule has 6 rings (SSSR count). The van der Waals surface area contributed by atoms with Gasteiger partial charge < -0.3 is 5.11 Å². The molecular formula is C47H59IrN2O2S-. The predicted octanol–water partition coefficient (Wildman–Crippen LogP) is 13.2. The molecule has 0 bridgehead atoms. The van der Waals surface area contributed by atoms with E-state index in [2.05, 4.69) is 83.1 Å². The van der Waals surface area contributed by atoms with E-state index in [0.29, 0.717) is 5.92 Å². The number of fused-ring (bicyclic) bond motifs is 6. The Morgan fingerprint density at radius 2 is 1.53 bits per heavy atom. The number of carbonyl (C=O) groups excluding carboxylic acids is 1. The molecular weight excluding hydrogens is 849 g/mol. The summed E-state index contributed by atoms with van der Waals surface area (Å²) in [6.45, 7) is 23.5. The largest absolute Gasteiger partial charge is 0.512 e. The van der Waals surface area contributed by atoms with Gasteiger partial charge in [-0.15, -0.1) is 40.5 Å². The summed E-state index contributed by atoms with van der Waals surface area (Å²) in [5.74, 6) is 0.889. The van der Waals surface area contributed by atoms with Crippen molar-refractivity contribution in [2.75, 3.05) is 0 Å². The molecule has 0 unspecified atom stereocenters. The standard InChI is InChI=1S/C32H31N2S.C15H28O2.Ir/c1-19(2)16-27-23-10-11-28-29(24(23)12-14-33-27)25-13-15-34-30(31(25)35-28)21-17-20-8-6-7-9-22(20)26(18-21)32(3,4)5;1-7-14(5,8-2)12(16)11-13(17)15(6,9-3)10-4;/h6-9,12-15,18-19H,10-11,16H2,1-5H3;11,16H,7-10H2,1-6H3;/q-1;;/b;12-11-;. The summed E-state index contributed by atoms with van der Waals surface area (Å²) in [7, 11) is 0. The number of allylic oxidation sites excluding steroid dienone is 2. The van der Waals surface area contributed by atoms with Gasteiger partial charge in [0.15, 0.2) is 5.78 Å². The van der Waals surface area contributed by atoms with Gasteiger partial charge in [-0.05, 0) is 84.9 Å². The number of aryl methyl sites for hydroxylation is 1. The third-order valence-corrected chi connectivity index (χ3v) is 13.0. The molecule has 285 valence electrons. The SMILES string of the molecule is CC(C)Cc1nccc2c1CCc1sc3c(-c4[c-]c5ccccc5c(C(C)(C)C)c4)nccc3c1-2.CCC(C)(CC)C(=O)/C=C(\O)C(C)(CC)CC.[Ir]. The molecule has 3 heterocycles. The van der Waals surface area contributed by atoms with Crippen LogP contribution in [0.3, 0.4) is 0 Å². The molecule has 0 aliphatic heterocycles. The summed E-state index contributed by atoms with van der Waals surface area (Å²) in [6, 6.07) is 19.1. The fraction of sp³-hybridized carbons (Fsp3) is 0.468. The van der Waals surface area contributed by atoms with Crippen molar-refractivity contribution >= 4 is 38.0 Å². The zero-order valence-corrected chi connectivity index (χ0v) is 37.0. The molecule has 1 radical (unpaired) electrons. The van der Waals surface area contributed by atoms with Crippen molar-refractivity contribution < 1.29 is 30.0 Å². The van der Waals surface area contributed by atoms with Crippen molar-refractivity contribution in [3.05, 3.63) is 94.5 Å². The van der Waals surface area contributed by atoms with E-state index in [0.717, 1.165) is 61.6 Å². The zero-order valence-electron chi connectivity index (χ0n) is 33.8. The molecule has 5 aromatic rings. The number of aromatic nitrogens is 2. The van der Waals surface area contributed by atoms with E-state index in [1.54, 1.807) is 0 Å². The molecule has 0 spiro atoms. The van der Waals surface area contributed by atoms with Gasteiger partial charge in [0.05, 0.1) is 0 Å². The van der Waals surface area contributed by atoms with Crippen LogP contribution in [0.25, 0.3) is 43.2 Å². The Kier molecular flexibility index (Phi) is 13.7. The van der Waals surface area contributed by atoms with Gasteiger partial charge in [0.1, 0.15) is 5.76 Å². The molecule has 1 N–H and O–H groups in total. The van der Waals surface area contributed by atoms with Crippen LogP contribution >= 0.6 is 11.3 Å². The van der Waals surface area contributed by atoms with E-state index >= 15 is 0 Å². The summed E-state index contributed by atoms with van der Waals surface area (Å²) in [6.07, 6.45) is 11.9. The predicted molar refractivity (Wildman–Crippen MR) is 222 cm³/mol. The summed E-state index contributed by atoms with van der Waals surface area (Å²) >= 11 is 1.92. The molecule has 1 aliphatic carbocycles. The summed E-state index contributed by atoms with van der Waals surface area (Å²) in [5.41, 5.74) is 8.41. The number of rotatable bonds is 10. The van der Waals surface area contributed by atoms with Gasteiger partial charge in [0.25, 0.3) is 0 Å². The number of pyridine rings is 2. The number of ketones is 1. The van der Waals surface area contributed by atoms with Crippen LogP contribution < -0.4 is 0 Å². The number of nitrogens with zero attached hydrogens (tertiary/aromatic N) is 2. The van der Waals surface area contributed by atoms with Crippen molar-refractivity contribution in [3.8, 4) is 22.4 Å². The quantitative estimate of drug-likeness (QED) is 0.0861. The fourth-order valence-electron chi connectivity index (χ4n) is 7.25. The second kappa shape index (κ2) is 17.1. The van der Waals surface area contributed by atoms with Gasteiger partial charge in [0, 0.05) is 75.9 Å². The molecule has 0 fully saturated rings. The van der Waals surface area contributed by atoms with Crippen LogP contribution in [0.5, 0.6) is 0 Å². The van der Waals surface area contributed by atoms with Gasteiger partial charge in [-0.2, -0.15) is 0 Å². The average Bonchev–Trinajstić information content (AvgIpc) is 3.53. The fourth-order valence-corrected chi connectivity index (χ4v) is 8.56. The van der Waals surface area contributed by atoms with Gasteiger partial charge in [0.2, 0.25) is 0 Å². The van der Waals surface area contributed by atoms with Crippen molar-refractivity contribution in [3.63, 3.8) is 0 Å². The molecule has 53 heavy (non-hydrogen) atoms. The Labute approximate surface area is 336 Å². The second-order valence-electron chi connectivity index (χ2n) is 16.6. The molecule has 2 aromatic carbocycles. The van der Waals surface area contributed by atoms with Gasteiger partial charge in [-0.1, -0.05) is 105 Å². The number of carbonyl (C=O) groups is 1. The van der Waals surface area contributed by atoms with Gasteiger partial charge >= 0.3 is 0 Å². The number of benzene rings is 2. The van der Waals surface area contributed by atoms with E-state index in [-0.39, 0.29) is 47.9 Å². The van der Waals surface area contributed by atoms with Crippen molar-refractivity contribution in [2.24, 2.45) is 16.7 Å². The van der Waals surface area contributed by atoms with Gasteiger partial charge in [-0.25, -0.2) is 0 Å². The minimum Gasteiger partial charge on any atom is -0.512 e. The maximum atomic E-state index is 12.2. The van der Waals surface area contributed by atoms with Crippen LogP contribution in [0, 0.1) is 22.8 Å². The van der Waals surface area contributed by atoms with E-state index in [4.69, 9.17) is 9.97 Å². The first-order chi connectivity index (χ1) is 24.6. The normalized spacial score (nSPS) is 13.3. The van der Waals surface area contributed by atoms with Crippen LogP contribution in [0.4, 0.5) is 0 Å². The molecule has 0 saturated heterocycles. The van der Waals surface area contributed by atoms with Crippen LogP contribution in [-0.2, 0) is 49.6 Å². The monoisotopic (exact) mass is 908 g/mol. The first kappa shape index (κ1) is 42.6. The van der Waals surface area contributed by atoms with E-state index in [1.807, 2.05) is 65.3 Å². The number of hydrogen-bond acceptors (Lipinski definition) is 5. The van der Waals surface area contributed by atoms with Gasteiger partial charge in [-0.3, -0.25) is 14.8 Å². The minimum absolute atomic E-state index is 0. The third-order valence-electron chi connectivity index (χ3n) is 11.7. The van der Waals surface area contributed by atoms with E-state index in [1.165, 1.54) is 54.4 Å². The third kappa shape index (κ3) is 8.71. The van der Waals surface area contributed by atoms with Crippen molar-refractivity contribution in [1.29, 1.82) is 0 Å². The van der Waals surface area contributed by atoms with Crippen LogP contribution in [0.15, 0.2) is 66.7 Å². The molecule has 4 nitrogen and oxygen atoms in total. The maximum Gasteiger partial charge on any atom is 0.164 e. The Morgan fingerprint density at radius 1 is 0.887 bits per heavy atom. The first-order valence-electron chi connectivity index (χ1n) is 19.4. The smallest absolute Gasteiger partial charge is 0.164 e. The minimum atomic E-state index is -0.337. The summed E-state index contributed by atoms with van der Waals surface area (Å²) < 4.78 is 1.28. The Morgan fingerprint density at radius 3 is 2.15 bits per heavy atom. The van der Waals surface area contributed by atoms with Crippen molar-refractivity contribution in [2.45, 2.75) is 127 Å². The van der Waals surface area contributed by atoms with E-state index in [9.17, 15) is 9.90 Å². The van der Waals surface area contributed by atoms with Crippen LogP contribution in [-0.4, -0.2) is 20.9 Å². The van der Waals surface area contributed by atoms with Crippen LogP contribution in [0.2, 0.25) is 0 Å². The second-order valence-corrected chi connectivity index (χ2v) is 17.7. The maximum absolute atomic E-state index is 12.2. The molecule has 1 aliphatic rings. The average molecular weight is 908 g/mol. The molecule has 0 amide bonds. The molecule has 3 aromatic heterocycles. The summed E-state index contributed by atoms with van der Waals surface area (Å²) in [5, 5.41) is 13.9. The summed E-state index contributed by atoms with van der Waals surface area (Å²) in [4.78, 5) is 23.4. The Hall–Kier alpha value is -3.18. The zero-order chi connectivity index (χ0) is 38.0. The topological polar surface area (TPSA) is 63.1 Å². The Bertz CT molecular complexity index is 2090. The van der Waals surface area contributed by atoms with Crippen LogP contribution in [0.1, 0.15) is 124 Å². The number of hydrogen-bond donors (Lipinski definition) is 1. The van der Waals surface area contributed by atoms with Crippen molar-refractivity contribution in [1.82, 2.24) is 9.97 Å². The molecule has 0 atom stereocenters. The van der Waals surface area contributed by atoms with E-state index < -0.39 is 0 Å². The molecule has 0 saturated carbocycles. The first-order valence-corrected chi connectivity index (χ1v) is 20.2. The Balaban J connectivity index is 0.000000299. The number of thiophene rings is 1.